The number of ether oxygens (including phenoxy) is 1. The second-order valence-corrected chi connectivity index (χ2v) is 6.87. The van der Waals surface area contributed by atoms with Gasteiger partial charge in [0, 0.05) is 12.1 Å². The Labute approximate surface area is 161 Å². The van der Waals surface area contributed by atoms with Crippen molar-refractivity contribution in [2.24, 2.45) is 5.73 Å². The highest BCUT2D eigenvalue weighted by Gasteiger charge is 2.23. The minimum Gasteiger partial charge on any atom is -0.496 e. The molecular weight excluding hydrogens is 340 g/mol. The van der Waals surface area contributed by atoms with Crippen LogP contribution < -0.4 is 16.2 Å². The van der Waals surface area contributed by atoms with Crippen molar-refractivity contribution in [2.45, 2.75) is 64.8 Å². The lowest BCUT2D eigenvalue weighted by Crippen LogP contribution is -2.14. The first-order valence-electron chi connectivity index (χ1n) is 9.89. The van der Waals surface area contributed by atoms with Crippen LogP contribution >= 0.6 is 0 Å². The van der Waals surface area contributed by atoms with Crippen molar-refractivity contribution >= 4 is 11.7 Å². The largest absolute Gasteiger partial charge is 0.496 e. The number of aromatic nitrogens is 2. The fourth-order valence-electron chi connectivity index (χ4n) is 3.39. The number of para-hydroxylation sites is 1. The molecule has 0 fully saturated rings. The number of primary amides is 1. The Kier molecular flexibility index (Phi) is 8.17. The molecule has 1 aromatic carbocycles. The predicted octanol–water partition coefficient (Wildman–Crippen LogP) is 4.38. The van der Waals surface area contributed by atoms with Crippen LogP contribution in [0.1, 0.15) is 68.6 Å². The molecule has 148 valence electrons. The number of nitrogen functional groups attached to an aromatic ring is 1. The van der Waals surface area contributed by atoms with Crippen molar-refractivity contribution in [3.05, 3.63) is 29.8 Å². The summed E-state index contributed by atoms with van der Waals surface area (Å²) in [7, 11) is 1.60. The van der Waals surface area contributed by atoms with Gasteiger partial charge in [0.25, 0.3) is 5.91 Å². The number of amides is 1. The van der Waals surface area contributed by atoms with Gasteiger partial charge in [-0.15, -0.1) is 0 Å². The zero-order chi connectivity index (χ0) is 19.6. The van der Waals surface area contributed by atoms with Gasteiger partial charge in [0.2, 0.25) is 0 Å². The monoisotopic (exact) mass is 372 g/mol. The zero-order valence-corrected chi connectivity index (χ0v) is 16.5. The van der Waals surface area contributed by atoms with E-state index in [0.29, 0.717) is 18.0 Å². The molecular formula is C21H32N4O2. The third-order valence-corrected chi connectivity index (χ3v) is 4.81. The molecule has 27 heavy (non-hydrogen) atoms. The Morgan fingerprint density at radius 3 is 2.33 bits per heavy atom. The lowest BCUT2D eigenvalue weighted by Gasteiger charge is -2.12. The molecule has 1 aromatic heterocycles. The van der Waals surface area contributed by atoms with E-state index in [4.69, 9.17) is 16.2 Å². The summed E-state index contributed by atoms with van der Waals surface area (Å²) in [6.45, 7) is 2.93. The molecule has 0 unspecified atom stereocenters. The maximum absolute atomic E-state index is 12.0. The highest BCUT2D eigenvalue weighted by molar-refractivity contribution is 6.03. The van der Waals surface area contributed by atoms with E-state index in [-0.39, 0.29) is 11.4 Å². The molecule has 0 aliphatic heterocycles. The molecule has 0 spiro atoms. The van der Waals surface area contributed by atoms with Crippen LogP contribution in [-0.4, -0.2) is 22.8 Å². The molecule has 0 bridgehead atoms. The number of unbranched alkanes of at least 4 members (excludes halogenated alkanes) is 7. The van der Waals surface area contributed by atoms with Crippen molar-refractivity contribution in [3.8, 4) is 17.0 Å². The zero-order valence-electron chi connectivity index (χ0n) is 16.5. The van der Waals surface area contributed by atoms with Gasteiger partial charge >= 0.3 is 0 Å². The summed E-state index contributed by atoms with van der Waals surface area (Å²) >= 11 is 0. The molecule has 1 heterocycles. The van der Waals surface area contributed by atoms with Gasteiger partial charge in [-0.05, 0) is 18.6 Å². The molecule has 0 radical (unpaired) electrons. The maximum Gasteiger partial charge on any atom is 0.254 e. The Morgan fingerprint density at radius 2 is 1.70 bits per heavy atom. The van der Waals surface area contributed by atoms with Gasteiger partial charge in [0.1, 0.15) is 11.3 Å². The standard InChI is InChI=1S/C21H32N4O2/c1-3-4-5-6-7-8-9-12-15-25-19(18(21(23)26)20(22)24-25)16-13-10-11-14-17(16)27-2/h10-11,13-14H,3-9,12,15H2,1-2H3,(H2,22,24)(H2,23,26). The molecule has 0 saturated heterocycles. The number of aryl methyl sites for hydroxylation is 1. The molecule has 1 amide bonds. The van der Waals surface area contributed by atoms with E-state index in [0.717, 1.165) is 18.4 Å². The van der Waals surface area contributed by atoms with Crippen molar-refractivity contribution in [1.82, 2.24) is 9.78 Å². The van der Waals surface area contributed by atoms with E-state index in [2.05, 4.69) is 12.0 Å². The number of methoxy groups -OCH3 is 1. The smallest absolute Gasteiger partial charge is 0.254 e. The molecule has 2 rings (SSSR count). The highest BCUT2D eigenvalue weighted by Crippen LogP contribution is 2.34. The first-order valence-corrected chi connectivity index (χ1v) is 9.89. The van der Waals surface area contributed by atoms with Gasteiger partial charge in [-0.3, -0.25) is 9.48 Å². The van der Waals surface area contributed by atoms with Crippen LogP contribution in [0.2, 0.25) is 0 Å². The highest BCUT2D eigenvalue weighted by atomic mass is 16.5. The molecule has 4 N–H and O–H groups in total. The van der Waals surface area contributed by atoms with Crippen LogP contribution in [0, 0.1) is 0 Å². The topological polar surface area (TPSA) is 96.2 Å². The quantitative estimate of drug-likeness (QED) is 0.540. The average molecular weight is 373 g/mol. The summed E-state index contributed by atoms with van der Waals surface area (Å²) in [5, 5.41) is 4.38. The third-order valence-electron chi connectivity index (χ3n) is 4.81. The van der Waals surface area contributed by atoms with Crippen LogP contribution in [0.15, 0.2) is 24.3 Å². The minimum absolute atomic E-state index is 0.169. The molecule has 6 heteroatoms. The van der Waals surface area contributed by atoms with Crippen LogP contribution in [-0.2, 0) is 6.54 Å². The second kappa shape index (κ2) is 10.6. The molecule has 2 aromatic rings. The Morgan fingerprint density at radius 1 is 1.07 bits per heavy atom. The Bertz CT molecular complexity index is 740. The Balaban J connectivity index is 2.11. The minimum atomic E-state index is -0.574. The van der Waals surface area contributed by atoms with Gasteiger partial charge in [-0.1, -0.05) is 64.0 Å². The van der Waals surface area contributed by atoms with Crippen LogP contribution in [0.4, 0.5) is 5.82 Å². The van der Waals surface area contributed by atoms with Crippen LogP contribution in [0.3, 0.4) is 0 Å². The van der Waals surface area contributed by atoms with Gasteiger partial charge in [0.15, 0.2) is 5.82 Å². The van der Waals surface area contributed by atoms with E-state index >= 15 is 0 Å². The fraction of sp³-hybridized carbons (Fsp3) is 0.524. The average Bonchev–Trinajstić information content (AvgIpc) is 3.00. The third kappa shape index (κ3) is 5.49. The van der Waals surface area contributed by atoms with E-state index in [1.807, 2.05) is 24.3 Å². The summed E-state index contributed by atoms with van der Waals surface area (Å²) in [6.07, 6.45) is 9.82. The number of carbonyl (C=O) groups is 1. The Hall–Kier alpha value is -2.50. The van der Waals surface area contributed by atoms with E-state index in [9.17, 15) is 4.79 Å². The number of rotatable bonds is 12. The summed E-state index contributed by atoms with van der Waals surface area (Å²) in [5.41, 5.74) is 13.3. The molecule has 0 aliphatic carbocycles. The van der Waals surface area contributed by atoms with E-state index < -0.39 is 5.91 Å². The van der Waals surface area contributed by atoms with Gasteiger partial charge in [-0.2, -0.15) is 5.10 Å². The lowest BCUT2D eigenvalue weighted by molar-refractivity contribution is 0.100. The van der Waals surface area contributed by atoms with Crippen LogP contribution in [0.25, 0.3) is 11.3 Å². The van der Waals surface area contributed by atoms with Gasteiger partial charge in [0.05, 0.1) is 12.8 Å². The number of carbonyl (C=O) groups excluding carboxylic acids is 1. The maximum atomic E-state index is 12.0. The van der Waals surface area contributed by atoms with E-state index in [1.165, 1.54) is 38.5 Å². The summed E-state index contributed by atoms with van der Waals surface area (Å²) in [5.74, 6) is 0.260. The second-order valence-electron chi connectivity index (χ2n) is 6.87. The SMILES string of the molecule is CCCCCCCCCCn1nc(N)c(C(N)=O)c1-c1ccccc1OC. The summed E-state index contributed by atoms with van der Waals surface area (Å²) in [4.78, 5) is 12.0. The number of benzene rings is 1. The molecule has 6 nitrogen and oxygen atoms in total. The normalized spacial score (nSPS) is 10.9. The molecule has 0 atom stereocenters. The summed E-state index contributed by atoms with van der Waals surface area (Å²) in [6, 6.07) is 7.53. The van der Waals surface area contributed by atoms with Gasteiger partial charge < -0.3 is 16.2 Å². The number of hydrogen-bond donors (Lipinski definition) is 2. The van der Waals surface area contributed by atoms with Crippen molar-refractivity contribution in [1.29, 1.82) is 0 Å². The van der Waals surface area contributed by atoms with E-state index in [1.54, 1.807) is 11.8 Å². The number of hydrogen-bond acceptors (Lipinski definition) is 4. The predicted molar refractivity (Wildman–Crippen MR) is 110 cm³/mol. The number of nitrogens with zero attached hydrogens (tertiary/aromatic N) is 2. The molecule has 0 aliphatic rings. The first-order chi connectivity index (χ1) is 13.1. The number of nitrogens with two attached hydrogens (primary N) is 2. The fourth-order valence-corrected chi connectivity index (χ4v) is 3.39. The van der Waals surface area contributed by atoms with Crippen molar-refractivity contribution in [2.75, 3.05) is 12.8 Å². The lowest BCUT2D eigenvalue weighted by atomic mass is 10.0. The summed E-state index contributed by atoms with van der Waals surface area (Å²) < 4.78 is 7.25. The number of anilines is 1. The van der Waals surface area contributed by atoms with Crippen LogP contribution in [0.5, 0.6) is 5.75 Å². The molecule has 0 saturated carbocycles. The van der Waals surface area contributed by atoms with Gasteiger partial charge in [-0.25, -0.2) is 0 Å². The van der Waals surface area contributed by atoms with Crippen molar-refractivity contribution in [3.63, 3.8) is 0 Å². The first kappa shape index (κ1) is 20.8. The van der Waals surface area contributed by atoms with Crippen molar-refractivity contribution < 1.29 is 9.53 Å².